The van der Waals surface area contributed by atoms with Gasteiger partial charge in [-0.3, -0.25) is 9.59 Å². The molecule has 1 fully saturated rings. The number of likely N-dealkylation sites (tertiary alicyclic amines) is 1. The highest BCUT2D eigenvalue weighted by molar-refractivity contribution is 8.00. The normalized spacial score (nSPS) is 15.3. The van der Waals surface area contributed by atoms with Gasteiger partial charge in [-0.1, -0.05) is 29.8 Å². The standard InChI is InChI=1S/C21H23ClN2O2S/c1-15(27-19-11-4-3-10-18(19)22)20(25)23-17-9-7-8-16(14-17)21(26)24-12-5-2-6-13-24/h3-4,7-11,14-15H,2,5-6,12-13H2,1H3,(H,23,25). The van der Waals surface area contributed by atoms with Gasteiger partial charge in [-0.15, -0.1) is 11.8 Å². The first-order chi connectivity index (χ1) is 13.0. The van der Waals surface area contributed by atoms with Crippen LogP contribution in [0.15, 0.2) is 53.4 Å². The Hall–Kier alpha value is -1.98. The lowest BCUT2D eigenvalue weighted by atomic mass is 10.1. The Morgan fingerprint density at radius 3 is 2.56 bits per heavy atom. The molecule has 2 aromatic carbocycles. The first-order valence-corrected chi connectivity index (χ1v) is 10.4. The largest absolute Gasteiger partial charge is 0.339 e. The summed E-state index contributed by atoms with van der Waals surface area (Å²) in [5.74, 6) is -0.0909. The van der Waals surface area contributed by atoms with Gasteiger partial charge in [-0.2, -0.15) is 0 Å². The minimum absolute atomic E-state index is 0.0317. The number of carbonyl (C=O) groups excluding carboxylic acids is 2. The molecule has 1 atom stereocenters. The number of hydrogen-bond donors (Lipinski definition) is 1. The maximum Gasteiger partial charge on any atom is 0.253 e. The number of anilines is 1. The Morgan fingerprint density at radius 2 is 1.81 bits per heavy atom. The van der Waals surface area contributed by atoms with Crippen LogP contribution in [0.5, 0.6) is 0 Å². The van der Waals surface area contributed by atoms with Crippen molar-refractivity contribution in [3.05, 3.63) is 59.1 Å². The summed E-state index contributed by atoms with van der Waals surface area (Å²) in [7, 11) is 0. The molecule has 1 N–H and O–H groups in total. The quantitative estimate of drug-likeness (QED) is 0.709. The van der Waals surface area contributed by atoms with Gasteiger partial charge < -0.3 is 10.2 Å². The Kier molecular flexibility index (Phi) is 6.80. The van der Waals surface area contributed by atoms with E-state index in [9.17, 15) is 9.59 Å². The van der Waals surface area contributed by atoms with Crippen LogP contribution in [-0.4, -0.2) is 35.1 Å². The van der Waals surface area contributed by atoms with E-state index in [0.717, 1.165) is 30.8 Å². The Balaban J connectivity index is 1.64. The topological polar surface area (TPSA) is 49.4 Å². The zero-order valence-corrected chi connectivity index (χ0v) is 16.9. The zero-order chi connectivity index (χ0) is 19.2. The second kappa shape index (κ2) is 9.29. The monoisotopic (exact) mass is 402 g/mol. The summed E-state index contributed by atoms with van der Waals surface area (Å²) in [6, 6.07) is 14.6. The van der Waals surface area contributed by atoms with E-state index in [1.165, 1.54) is 18.2 Å². The number of hydrogen-bond acceptors (Lipinski definition) is 3. The van der Waals surface area contributed by atoms with E-state index in [-0.39, 0.29) is 17.1 Å². The van der Waals surface area contributed by atoms with Gasteiger partial charge in [0.25, 0.3) is 5.91 Å². The fourth-order valence-electron chi connectivity index (χ4n) is 3.04. The van der Waals surface area contributed by atoms with Crippen LogP contribution in [0.4, 0.5) is 5.69 Å². The molecule has 4 nitrogen and oxygen atoms in total. The average Bonchev–Trinajstić information content (AvgIpc) is 2.70. The van der Waals surface area contributed by atoms with Gasteiger partial charge in [0.2, 0.25) is 5.91 Å². The highest BCUT2D eigenvalue weighted by Crippen LogP contribution is 2.30. The summed E-state index contributed by atoms with van der Waals surface area (Å²) in [6.45, 7) is 3.45. The molecule has 2 amide bonds. The summed E-state index contributed by atoms with van der Waals surface area (Å²) in [5, 5.41) is 3.23. The molecule has 2 aromatic rings. The van der Waals surface area contributed by atoms with Crippen molar-refractivity contribution in [2.45, 2.75) is 36.3 Å². The van der Waals surface area contributed by atoms with E-state index in [0.29, 0.717) is 16.3 Å². The second-order valence-electron chi connectivity index (χ2n) is 6.61. The predicted molar refractivity (Wildman–Crippen MR) is 112 cm³/mol. The van der Waals surface area contributed by atoms with Crippen LogP contribution >= 0.6 is 23.4 Å². The third-order valence-corrected chi connectivity index (χ3v) is 6.15. The van der Waals surface area contributed by atoms with E-state index in [2.05, 4.69) is 5.32 Å². The van der Waals surface area contributed by atoms with Crippen molar-refractivity contribution in [2.24, 2.45) is 0 Å². The molecule has 0 saturated carbocycles. The summed E-state index contributed by atoms with van der Waals surface area (Å²) in [6.07, 6.45) is 3.29. The first kappa shape index (κ1) is 19.8. The number of piperidine rings is 1. The smallest absolute Gasteiger partial charge is 0.253 e. The molecule has 6 heteroatoms. The molecule has 0 aromatic heterocycles. The van der Waals surface area contributed by atoms with Crippen LogP contribution in [0.1, 0.15) is 36.5 Å². The van der Waals surface area contributed by atoms with Gasteiger partial charge >= 0.3 is 0 Å². The summed E-state index contributed by atoms with van der Waals surface area (Å²) < 4.78 is 0. The Bertz CT molecular complexity index is 821. The van der Waals surface area contributed by atoms with Crippen LogP contribution in [0.2, 0.25) is 5.02 Å². The molecule has 1 saturated heterocycles. The molecule has 1 unspecified atom stereocenters. The molecule has 142 valence electrons. The number of amides is 2. The van der Waals surface area contributed by atoms with Gasteiger partial charge in [0.1, 0.15) is 0 Å². The molecular weight excluding hydrogens is 380 g/mol. The molecule has 0 bridgehead atoms. The predicted octanol–water partition coefficient (Wildman–Crippen LogP) is 5.09. The number of nitrogens with one attached hydrogen (secondary N) is 1. The van der Waals surface area contributed by atoms with Crippen LogP contribution in [0.3, 0.4) is 0 Å². The zero-order valence-electron chi connectivity index (χ0n) is 15.3. The van der Waals surface area contributed by atoms with Gasteiger partial charge in [0.05, 0.1) is 10.3 Å². The lowest BCUT2D eigenvalue weighted by Gasteiger charge is -2.26. The highest BCUT2D eigenvalue weighted by Gasteiger charge is 2.20. The molecule has 3 rings (SSSR count). The third kappa shape index (κ3) is 5.27. The maximum absolute atomic E-state index is 12.6. The molecule has 0 radical (unpaired) electrons. The van der Waals surface area contributed by atoms with Crippen LogP contribution < -0.4 is 5.32 Å². The number of benzene rings is 2. The average molecular weight is 403 g/mol. The van der Waals surface area contributed by atoms with E-state index >= 15 is 0 Å². The molecule has 0 spiro atoms. The van der Waals surface area contributed by atoms with Gasteiger partial charge in [-0.25, -0.2) is 0 Å². The van der Waals surface area contributed by atoms with E-state index < -0.39 is 0 Å². The van der Waals surface area contributed by atoms with Crippen molar-refractivity contribution in [2.75, 3.05) is 18.4 Å². The molecule has 1 aliphatic heterocycles. The van der Waals surface area contributed by atoms with E-state index in [1.807, 2.05) is 36.1 Å². The summed E-state index contributed by atoms with van der Waals surface area (Å²) in [5.41, 5.74) is 1.25. The van der Waals surface area contributed by atoms with Crippen molar-refractivity contribution in [3.8, 4) is 0 Å². The minimum atomic E-state index is -0.314. The van der Waals surface area contributed by atoms with Crippen molar-refractivity contribution >= 4 is 40.9 Å². The maximum atomic E-state index is 12.6. The van der Waals surface area contributed by atoms with Crippen molar-refractivity contribution in [1.29, 1.82) is 0 Å². The fourth-order valence-corrected chi connectivity index (χ4v) is 4.19. The highest BCUT2D eigenvalue weighted by atomic mass is 35.5. The van der Waals surface area contributed by atoms with Crippen molar-refractivity contribution in [1.82, 2.24) is 4.90 Å². The lowest BCUT2D eigenvalue weighted by Crippen LogP contribution is -2.35. The van der Waals surface area contributed by atoms with Gasteiger partial charge in [0, 0.05) is 29.2 Å². The van der Waals surface area contributed by atoms with Crippen LogP contribution in [0, 0.1) is 0 Å². The number of nitrogens with zero attached hydrogens (tertiary/aromatic N) is 1. The molecule has 27 heavy (non-hydrogen) atoms. The lowest BCUT2D eigenvalue weighted by molar-refractivity contribution is -0.115. The number of halogens is 1. The van der Waals surface area contributed by atoms with Crippen LogP contribution in [-0.2, 0) is 4.79 Å². The Morgan fingerprint density at radius 1 is 1.07 bits per heavy atom. The fraction of sp³-hybridized carbons (Fsp3) is 0.333. The molecule has 1 heterocycles. The molecular formula is C21H23ClN2O2S. The van der Waals surface area contributed by atoms with E-state index in [1.54, 1.807) is 24.3 Å². The molecule has 1 aliphatic rings. The van der Waals surface area contributed by atoms with Gasteiger partial charge in [-0.05, 0) is 56.5 Å². The minimum Gasteiger partial charge on any atom is -0.339 e. The third-order valence-electron chi connectivity index (χ3n) is 4.53. The van der Waals surface area contributed by atoms with E-state index in [4.69, 9.17) is 11.6 Å². The summed E-state index contributed by atoms with van der Waals surface area (Å²) in [4.78, 5) is 27.9. The van der Waals surface area contributed by atoms with Gasteiger partial charge in [0.15, 0.2) is 0 Å². The van der Waals surface area contributed by atoms with Crippen LogP contribution in [0.25, 0.3) is 0 Å². The summed E-state index contributed by atoms with van der Waals surface area (Å²) >= 11 is 7.58. The number of thioether (sulfide) groups is 1. The second-order valence-corrected chi connectivity index (χ2v) is 8.40. The SMILES string of the molecule is CC(Sc1ccccc1Cl)C(=O)Nc1cccc(C(=O)N2CCCCC2)c1. The number of rotatable bonds is 5. The molecule has 0 aliphatic carbocycles. The number of carbonyl (C=O) groups is 2. The van der Waals surface area contributed by atoms with Crippen molar-refractivity contribution in [3.63, 3.8) is 0 Å². The van der Waals surface area contributed by atoms with Crippen molar-refractivity contribution < 1.29 is 9.59 Å². The Labute approximate surface area is 169 Å². The first-order valence-electron chi connectivity index (χ1n) is 9.16.